The van der Waals surface area contributed by atoms with Crippen molar-refractivity contribution in [2.24, 2.45) is 5.41 Å². The molecule has 0 amide bonds. The number of esters is 1. The summed E-state index contributed by atoms with van der Waals surface area (Å²) >= 11 is 3.47. The molecule has 0 aliphatic heterocycles. The van der Waals surface area contributed by atoms with Crippen LogP contribution in [0.15, 0.2) is 0 Å². The topological polar surface area (TPSA) is 26.3 Å². The first-order valence-corrected chi connectivity index (χ1v) is 10.6. The van der Waals surface area contributed by atoms with Crippen molar-refractivity contribution >= 4 is 21.9 Å². The highest BCUT2D eigenvalue weighted by molar-refractivity contribution is 9.09. The maximum absolute atomic E-state index is 11.8. The molecule has 0 saturated heterocycles. The van der Waals surface area contributed by atoms with Crippen LogP contribution in [0.25, 0.3) is 0 Å². The predicted molar refractivity (Wildman–Crippen MR) is 97.5 cm³/mol. The number of alkyl halides is 1. The fraction of sp³-hybridized carbons (Fsp3) is 0.947. The molecule has 0 aromatic heterocycles. The van der Waals surface area contributed by atoms with Crippen LogP contribution in [0.4, 0.5) is 0 Å². The molecule has 0 atom stereocenters. The number of unbranched alkanes of at least 4 members (excludes halogenated alkanes) is 8. The van der Waals surface area contributed by atoms with Crippen LogP contribution in [0.2, 0.25) is 0 Å². The van der Waals surface area contributed by atoms with Gasteiger partial charge in [-0.1, -0.05) is 74.2 Å². The molecular weight excluding hydrogens is 340 g/mol. The van der Waals surface area contributed by atoms with E-state index in [4.69, 9.17) is 4.74 Å². The first-order valence-electron chi connectivity index (χ1n) is 9.44. The highest BCUT2D eigenvalue weighted by Crippen LogP contribution is 2.50. The quantitative estimate of drug-likeness (QED) is 0.188. The number of halogens is 1. The van der Waals surface area contributed by atoms with E-state index in [0.29, 0.717) is 18.4 Å². The molecule has 0 spiro atoms. The molecule has 0 unspecified atom stereocenters. The molecule has 0 heterocycles. The average molecular weight is 375 g/mol. The van der Waals surface area contributed by atoms with E-state index in [1.807, 2.05) is 0 Å². The summed E-state index contributed by atoms with van der Waals surface area (Å²) < 4.78 is 5.52. The molecule has 0 radical (unpaired) electrons. The van der Waals surface area contributed by atoms with Gasteiger partial charge in [0.15, 0.2) is 0 Å². The molecule has 0 N–H and O–H groups in total. The Morgan fingerprint density at radius 1 is 0.955 bits per heavy atom. The van der Waals surface area contributed by atoms with Crippen molar-refractivity contribution in [1.82, 2.24) is 0 Å². The molecule has 22 heavy (non-hydrogen) atoms. The minimum absolute atomic E-state index is 0.0280. The minimum atomic E-state index is 0.0280. The molecule has 2 nitrogen and oxygen atoms in total. The molecule has 1 saturated carbocycles. The molecule has 0 bridgehead atoms. The Morgan fingerprint density at radius 2 is 1.59 bits per heavy atom. The van der Waals surface area contributed by atoms with Gasteiger partial charge in [0, 0.05) is 17.2 Å². The zero-order chi connectivity index (χ0) is 16.1. The van der Waals surface area contributed by atoms with Crippen molar-refractivity contribution in [2.75, 3.05) is 11.9 Å². The third kappa shape index (κ3) is 9.86. The average Bonchev–Trinajstić information content (AvgIpc) is 3.29. The van der Waals surface area contributed by atoms with Gasteiger partial charge in [-0.05, 0) is 32.1 Å². The van der Waals surface area contributed by atoms with Crippen molar-refractivity contribution in [1.29, 1.82) is 0 Å². The lowest BCUT2D eigenvalue weighted by atomic mass is 9.99. The van der Waals surface area contributed by atoms with Gasteiger partial charge in [-0.25, -0.2) is 0 Å². The third-order valence-corrected chi connectivity index (χ3v) is 5.38. The van der Waals surface area contributed by atoms with Crippen LogP contribution in [0.1, 0.15) is 96.8 Å². The van der Waals surface area contributed by atoms with Crippen molar-refractivity contribution < 1.29 is 9.53 Å². The van der Waals surface area contributed by atoms with Crippen molar-refractivity contribution in [2.45, 2.75) is 96.8 Å². The summed E-state index contributed by atoms with van der Waals surface area (Å²) in [6, 6.07) is 0. The summed E-state index contributed by atoms with van der Waals surface area (Å²) in [5.41, 5.74) is 0.363. The summed E-state index contributed by atoms with van der Waals surface area (Å²) in [6.07, 6.45) is 17.0. The second-order valence-electron chi connectivity index (χ2n) is 7.03. The van der Waals surface area contributed by atoms with Gasteiger partial charge in [0.25, 0.3) is 0 Å². The SMILES string of the molecule is CCCCCCCCCC(=O)OCC1(CCCCCBr)CC1. The first kappa shape index (κ1) is 20.0. The number of carbonyl (C=O) groups excluding carboxylic acids is 1. The summed E-state index contributed by atoms with van der Waals surface area (Å²) in [5, 5.41) is 1.10. The second-order valence-corrected chi connectivity index (χ2v) is 7.82. The highest BCUT2D eigenvalue weighted by atomic mass is 79.9. The Kier molecular flexibility index (Phi) is 11.3. The Balaban J connectivity index is 1.94. The van der Waals surface area contributed by atoms with Crippen LogP contribution in [-0.4, -0.2) is 17.9 Å². The van der Waals surface area contributed by atoms with Crippen LogP contribution in [0.3, 0.4) is 0 Å². The van der Waals surface area contributed by atoms with Gasteiger partial charge in [-0.2, -0.15) is 0 Å². The highest BCUT2D eigenvalue weighted by Gasteiger charge is 2.42. The molecular formula is C19H35BrO2. The summed E-state index contributed by atoms with van der Waals surface area (Å²) in [5.74, 6) is 0.0280. The molecule has 3 heteroatoms. The van der Waals surface area contributed by atoms with Gasteiger partial charge in [-0.3, -0.25) is 4.79 Å². The third-order valence-electron chi connectivity index (χ3n) is 4.82. The lowest BCUT2D eigenvalue weighted by Crippen LogP contribution is -2.15. The van der Waals surface area contributed by atoms with E-state index in [9.17, 15) is 4.79 Å². The van der Waals surface area contributed by atoms with E-state index in [0.717, 1.165) is 11.8 Å². The Labute approximate surface area is 145 Å². The van der Waals surface area contributed by atoms with E-state index in [1.165, 1.54) is 77.0 Å². The normalized spacial score (nSPS) is 15.7. The fourth-order valence-electron chi connectivity index (χ4n) is 2.95. The van der Waals surface area contributed by atoms with E-state index < -0.39 is 0 Å². The number of rotatable bonds is 15. The molecule has 1 aliphatic carbocycles. The van der Waals surface area contributed by atoms with Crippen molar-refractivity contribution in [3.05, 3.63) is 0 Å². The molecule has 1 aliphatic rings. The monoisotopic (exact) mass is 374 g/mol. The van der Waals surface area contributed by atoms with Crippen LogP contribution in [0, 0.1) is 5.41 Å². The molecule has 130 valence electrons. The van der Waals surface area contributed by atoms with Crippen LogP contribution < -0.4 is 0 Å². The lowest BCUT2D eigenvalue weighted by molar-refractivity contribution is -0.145. The van der Waals surface area contributed by atoms with Crippen LogP contribution in [0.5, 0.6) is 0 Å². The Hall–Kier alpha value is -0.0500. The predicted octanol–water partition coefficient (Wildman–Crippen LogP) is 6.41. The number of carbonyl (C=O) groups is 1. The van der Waals surface area contributed by atoms with Crippen LogP contribution >= 0.6 is 15.9 Å². The largest absolute Gasteiger partial charge is 0.465 e. The smallest absolute Gasteiger partial charge is 0.305 e. The van der Waals surface area contributed by atoms with Gasteiger partial charge < -0.3 is 4.74 Å². The van der Waals surface area contributed by atoms with Gasteiger partial charge in [0.05, 0.1) is 6.61 Å². The fourth-order valence-corrected chi connectivity index (χ4v) is 3.34. The summed E-state index contributed by atoms with van der Waals surface area (Å²) in [6.45, 7) is 2.92. The lowest BCUT2D eigenvalue weighted by Gasteiger charge is -2.15. The van der Waals surface area contributed by atoms with E-state index in [-0.39, 0.29) is 5.97 Å². The molecule has 0 aromatic rings. The summed E-state index contributed by atoms with van der Waals surface area (Å²) in [7, 11) is 0. The zero-order valence-electron chi connectivity index (χ0n) is 14.5. The van der Waals surface area contributed by atoms with Crippen LogP contribution in [-0.2, 0) is 9.53 Å². The van der Waals surface area contributed by atoms with Crippen molar-refractivity contribution in [3.63, 3.8) is 0 Å². The van der Waals surface area contributed by atoms with Gasteiger partial charge in [-0.15, -0.1) is 0 Å². The van der Waals surface area contributed by atoms with Gasteiger partial charge in [0.2, 0.25) is 0 Å². The maximum Gasteiger partial charge on any atom is 0.305 e. The van der Waals surface area contributed by atoms with Gasteiger partial charge in [0.1, 0.15) is 0 Å². The number of hydrogen-bond donors (Lipinski definition) is 0. The number of ether oxygens (including phenoxy) is 1. The van der Waals surface area contributed by atoms with Crippen molar-refractivity contribution in [3.8, 4) is 0 Å². The molecule has 1 fully saturated rings. The first-order chi connectivity index (χ1) is 10.7. The number of hydrogen-bond acceptors (Lipinski definition) is 2. The second kappa shape index (κ2) is 12.4. The molecule has 0 aromatic carbocycles. The minimum Gasteiger partial charge on any atom is -0.465 e. The summed E-state index contributed by atoms with van der Waals surface area (Å²) in [4.78, 5) is 11.8. The zero-order valence-corrected chi connectivity index (χ0v) is 16.1. The van der Waals surface area contributed by atoms with Gasteiger partial charge >= 0.3 is 5.97 Å². The molecule has 1 rings (SSSR count). The van der Waals surface area contributed by atoms with E-state index >= 15 is 0 Å². The van der Waals surface area contributed by atoms with E-state index in [1.54, 1.807) is 0 Å². The van der Waals surface area contributed by atoms with E-state index in [2.05, 4.69) is 22.9 Å². The Morgan fingerprint density at radius 3 is 2.23 bits per heavy atom. The maximum atomic E-state index is 11.8. The Bertz CT molecular complexity index is 287. The standard InChI is InChI=1S/C19H35BrO2/c1-2-3-4-5-6-7-9-12-18(21)22-17-19(14-15-19)13-10-8-11-16-20/h2-17H2,1H3.